The molecule has 1 amide bonds. The predicted molar refractivity (Wildman–Crippen MR) is 51.0 cm³/mol. The highest BCUT2D eigenvalue weighted by molar-refractivity contribution is 5.78. The first-order valence-electron chi connectivity index (χ1n) is 4.45. The molecule has 0 aromatic carbocycles. The first-order chi connectivity index (χ1) is 6.10. The zero-order chi connectivity index (χ0) is 10.3. The van der Waals surface area contributed by atoms with Crippen molar-refractivity contribution >= 4 is 5.91 Å². The number of hydrogen-bond donors (Lipinski definition) is 1. The Bertz CT molecular complexity index is 198. The molecule has 0 fully saturated rings. The van der Waals surface area contributed by atoms with Gasteiger partial charge in [-0.05, 0) is 20.4 Å². The summed E-state index contributed by atoms with van der Waals surface area (Å²) in [5.74, 6) is -0.0212. The summed E-state index contributed by atoms with van der Waals surface area (Å²) in [6.07, 6.45) is 0.924. The Balaban J connectivity index is 3.68. The minimum atomic E-state index is -0.0212. The van der Waals surface area contributed by atoms with Crippen molar-refractivity contribution in [3.63, 3.8) is 0 Å². The van der Waals surface area contributed by atoms with Gasteiger partial charge in [-0.25, -0.2) is 0 Å². The largest absolute Gasteiger partial charge is 0.353 e. The van der Waals surface area contributed by atoms with Gasteiger partial charge in [0, 0.05) is 6.04 Å². The molecule has 0 aromatic rings. The van der Waals surface area contributed by atoms with Gasteiger partial charge in [-0.2, -0.15) is 5.26 Å². The quantitative estimate of drug-likeness (QED) is 0.626. The van der Waals surface area contributed by atoms with Gasteiger partial charge in [-0.3, -0.25) is 9.69 Å². The SMILES string of the molecule is CCC(C)NC(=O)CN(C)CC#N. The Morgan fingerprint density at radius 3 is 2.77 bits per heavy atom. The summed E-state index contributed by atoms with van der Waals surface area (Å²) in [5, 5.41) is 11.2. The summed E-state index contributed by atoms with van der Waals surface area (Å²) < 4.78 is 0. The van der Waals surface area contributed by atoms with Crippen molar-refractivity contribution < 1.29 is 4.79 Å². The standard InChI is InChI=1S/C9H17N3O/c1-4-8(2)11-9(13)7-12(3)6-5-10/h8H,4,6-7H2,1-3H3,(H,11,13). The van der Waals surface area contributed by atoms with Gasteiger partial charge >= 0.3 is 0 Å². The van der Waals surface area contributed by atoms with Crippen molar-refractivity contribution in [3.05, 3.63) is 0 Å². The average molecular weight is 183 g/mol. The molecule has 4 heteroatoms. The van der Waals surface area contributed by atoms with Crippen LogP contribution >= 0.6 is 0 Å². The van der Waals surface area contributed by atoms with Gasteiger partial charge < -0.3 is 5.32 Å². The molecular weight excluding hydrogens is 166 g/mol. The fourth-order valence-corrected chi connectivity index (χ4v) is 0.844. The average Bonchev–Trinajstić information content (AvgIpc) is 2.04. The molecule has 0 aromatic heterocycles. The van der Waals surface area contributed by atoms with E-state index in [1.807, 2.05) is 19.9 Å². The van der Waals surface area contributed by atoms with E-state index in [2.05, 4.69) is 5.32 Å². The van der Waals surface area contributed by atoms with E-state index in [4.69, 9.17) is 5.26 Å². The Morgan fingerprint density at radius 2 is 2.31 bits per heavy atom. The highest BCUT2D eigenvalue weighted by Gasteiger charge is 2.07. The molecular formula is C9H17N3O. The van der Waals surface area contributed by atoms with E-state index in [1.54, 1.807) is 11.9 Å². The van der Waals surface area contributed by atoms with Crippen molar-refractivity contribution in [1.82, 2.24) is 10.2 Å². The number of carbonyl (C=O) groups is 1. The van der Waals surface area contributed by atoms with Crippen molar-refractivity contribution in [1.29, 1.82) is 5.26 Å². The van der Waals surface area contributed by atoms with Gasteiger partial charge in [0.15, 0.2) is 0 Å². The summed E-state index contributed by atoms with van der Waals surface area (Å²) in [5.41, 5.74) is 0. The Hall–Kier alpha value is -1.08. The van der Waals surface area contributed by atoms with Crippen LogP contribution in [0.5, 0.6) is 0 Å². The second-order valence-corrected chi connectivity index (χ2v) is 3.21. The van der Waals surface area contributed by atoms with Crippen LogP contribution in [0.1, 0.15) is 20.3 Å². The highest BCUT2D eigenvalue weighted by atomic mass is 16.2. The van der Waals surface area contributed by atoms with E-state index < -0.39 is 0 Å². The van der Waals surface area contributed by atoms with Crippen LogP contribution in [-0.2, 0) is 4.79 Å². The number of likely N-dealkylation sites (N-methyl/N-ethyl adjacent to an activating group) is 1. The maximum atomic E-state index is 11.2. The minimum absolute atomic E-state index is 0.0212. The molecule has 0 bridgehead atoms. The van der Waals surface area contributed by atoms with E-state index >= 15 is 0 Å². The number of hydrogen-bond acceptors (Lipinski definition) is 3. The van der Waals surface area contributed by atoms with Gasteiger partial charge in [0.05, 0.1) is 19.2 Å². The fraction of sp³-hybridized carbons (Fsp3) is 0.778. The summed E-state index contributed by atoms with van der Waals surface area (Å²) in [6.45, 7) is 4.55. The van der Waals surface area contributed by atoms with Crippen LogP contribution in [0, 0.1) is 11.3 Å². The lowest BCUT2D eigenvalue weighted by Crippen LogP contribution is -2.39. The maximum Gasteiger partial charge on any atom is 0.234 e. The number of amides is 1. The number of carbonyl (C=O) groups excluding carboxylic acids is 1. The predicted octanol–water partition coefficient (Wildman–Crippen LogP) is 0.356. The topological polar surface area (TPSA) is 56.1 Å². The van der Waals surface area contributed by atoms with E-state index in [0.717, 1.165) is 6.42 Å². The monoisotopic (exact) mass is 183 g/mol. The third-order valence-electron chi connectivity index (χ3n) is 1.77. The van der Waals surface area contributed by atoms with Gasteiger partial charge in [0.2, 0.25) is 5.91 Å². The third kappa shape index (κ3) is 6.12. The Labute approximate surface area is 79.5 Å². The molecule has 0 saturated heterocycles. The normalized spacial score (nSPS) is 12.2. The molecule has 1 N–H and O–H groups in total. The van der Waals surface area contributed by atoms with Crippen LogP contribution in [0.3, 0.4) is 0 Å². The smallest absolute Gasteiger partial charge is 0.234 e. The van der Waals surface area contributed by atoms with Crippen molar-refractivity contribution in [2.24, 2.45) is 0 Å². The van der Waals surface area contributed by atoms with Crippen molar-refractivity contribution in [2.45, 2.75) is 26.3 Å². The summed E-state index contributed by atoms with van der Waals surface area (Å²) in [7, 11) is 1.75. The first-order valence-corrected chi connectivity index (χ1v) is 4.45. The number of nitrogens with zero attached hydrogens (tertiary/aromatic N) is 2. The Kier molecular flexibility index (Phi) is 5.90. The highest BCUT2D eigenvalue weighted by Crippen LogP contribution is 1.88. The zero-order valence-corrected chi connectivity index (χ0v) is 8.50. The van der Waals surface area contributed by atoms with E-state index in [9.17, 15) is 4.79 Å². The van der Waals surface area contributed by atoms with Crippen LogP contribution in [0.4, 0.5) is 0 Å². The molecule has 0 aliphatic heterocycles. The van der Waals surface area contributed by atoms with Crippen LogP contribution in [0.15, 0.2) is 0 Å². The molecule has 13 heavy (non-hydrogen) atoms. The van der Waals surface area contributed by atoms with Gasteiger partial charge in [0.25, 0.3) is 0 Å². The molecule has 0 saturated carbocycles. The maximum absolute atomic E-state index is 11.2. The molecule has 0 radical (unpaired) electrons. The lowest BCUT2D eigenvalue weighted by atomic mass is 10.2. The first kappa shape index (κ1) is 11.9. The molecule has 0 rings (SSSR count). The number of nitriles is 1. The lowest BCUT2D eigenvalue weighted by molar-refractivity contribution is -0.122. The second kappa shape index (κ2) is 6.44. The van der Waals surface area contributed by atoms with Crippen molar-refractivity contribution in [3.8, 4) is 6.07 Å². The summed E-state index contributed by atoms with van der Waals surface area (Å²) in [6, 6.07) is 2.20. The van der Waals surface area contributed by atoms with Crippen LogP contribution in [0.25, 0.3) is 0 Å². The molecule has 0 heterocycles. The molecule has 1 unspecified atom stereocenters. The molecule has 0 aliphatic carbocycles. The minimum Gasteiger partial charge on any atom is -0.353 e. The molecule has 4 nitrogen and oxygen atoms in total. The van der Waals surface area contributed by atoms with Gasteiger partial charge in [0.1, 0.15) is 0 Å². The molecule has 0 spiro atoms. The molecule has 0 aliphatic rings. The summed E-state index contributed by atoms with van der Waals surface area (Å²) >= 11 is 0. The molecule has 74 valence electrons. The summed E-state index contributed by atoms with van der Waals surface area (Å²) in [4.78, 5) is 12.9. The van der Waals surface area contributed by atoms with Crippen LogP contribution in [0.2, 0.25) is 0 Å². The second-order valence-electron chi connectivity index (χ2n) is 3.21. The van der Waals surface area contributed by atoms with E-state index in [1.165, 1.54) is 0 Å². The van der Waals surface area contributed by atoms with Gasteiger partial charge in [-0.1, -0.05) is 6.92 Å². The zero-order valence-electron chi connectivity index (χ0n) is 8.50. The number of nitrogens with one attached hydrogen (secondary N) is 1. The van der Waals surface area contributed by atoms with Crippen molar-refractivity contribution in [2.75, 3.05) is 20.1 Å². The fourth-order valence-electron chi connectivity index (χ4n) is 0.844. The van der Waals surface area contributed by atoms with E-state index in [-0.39, 0.29) is 25.0 Å². The van der Waals surface area contributed by atoms with E-state index in [0.29, 0.717) is 0 Å². The number of rotatable bonds is 5. The third-order valence-corrected chi connectivity index (χ3v) is 1.77. The molecule has 1 atom stereocenters. The lowest BCUT2D eigenvalue weighted by Gasteiger charge is -2.15. The van der Waals surface area contributed by atoms with Crippen LogP contribution in [-0.4, -0.2) is 37.0 Å². The van der Waals surface area contributed by atoms with Gasteiger partial charge in [-0.15, -0.1) is 0 Å². The Morgan fingerprint density at radius 1 is 1.69 bits per heavy atom. The van der Waals surface area contributed by atoms with Crippen LogP contribution < -0.4 is 5.32 Å².